The molecular weight excluding hydrogens is 437 g/mol. The zero-order chi connectivity index (χ0) is 17.9. The summed E-state index contributed by atoms with van der Waals surface area (Å²) in [5, 5.41) is 1.75. The standard InChI is InChI=1S/C18H18ClFN2O2.3ClH/c1-18(2,3)22(17(24)13-6-10-15(20)11-7-13)21-16(23)12-4-8-14(19)9-5-12;;;/h4-11H,1-3H3,(H,21,23);3*1H. The smallest absolute Gasteiger partial charge is 0.267 e. The van der Waals surface area contributed by atoms with Crippen molar-refractivity contribution in [3.8, 4) is 0 Å². The number of rotatable bonds is 2. The fraction of sp³-hybridized carbons (Fsp3) is 0.222. The second-order valence-corrected chi connectivity index (χ2v) is 6.70. The van der Waals surface area contributed by atoms with E-state index in [0.29, 0.717) is 10.6 Å². The molecule has 0 saturated heterocycles. The van der Waals surface area contributed by atoms with Gasteiger partial charge in [0.05, 0.1) is 5.54 Å². The van der Waals surface area contributed by atoms with Crippen LogP contribution >= 0.6 is 48.8 Å². The summed E-state index contributed by atoms with van der Waals surface area (Å²) in [6.07, 6.45) is 0. The summed E-state index contributed by atoms with van der Waals surface area (Å²) in [5.41, 5.74) is 2.60. The molecule has 150 valence electrons. The van der Waals surface area contributed by atoms with Crippen LogP contribution in [0.4, 0.5) is 4.39 Å². The highest BCUT2D eigenvalue weighted by atomic mass is 35.5. The van der Waals surface area contributed by atoms with E-state index >= 15 is 0 Å². The van der Waals surface area contributed by atoms with Crippen LogP contribution in [0.1, 0.15) is 41.5 Å². The molecule has 2 amide bonds. The highest BCUT2D eigenvalue weighted by Crippen LogP contribution is 2.17. The van der Waals surface area contributed by atoms with Gasteiger partial charge in [0, 0.05) is 16.1 Å². The number of halogens is 5. The van der Waals surface area contributed by atoms with Gasteiger partial charge in [0.25, 0.3) is 11.8 Å². The van der Waals surface area contributed by atoms with Crippen LogP contribution in [0.25, 0.3) is 0 Å². The van der Waals surface area contributed by atoms with E-state index in [2.05, 4.69) is 5.43 Å². The monoisotopic (exact) mass is 456 g/mol. The third kappa shape index (κ3) is 7.54. The van der Waals surface area contributed by atoms with Crippen molar-refractivity contribution in [2.75, 3.05) is 0 Å². The van der Waals surface area contributed by atoms with Crippen LogP contribution in [0.5, 0.6) is 0 Å². The Hall–Kier alpha value is -1.53. The van der Waals surface area contributed by atoms with Crippen molar-refractivity contribution in [1.29, 1.82) is 0 Å². The van der Waals surface area contributed by atoms with Gasteiger partial charge >= 0.3 is 0 Å². The van der Waals surface area contributed by atoms with Gasteiger partial charge in [-0.1, -0.05) is 11.6 Å². The maximum Gasteiger partial charge on any atom is 0.272 e. The molecule has 0 aliphatic carbocycles. The molecule has 4 nitrogen and oxygen atoms in total. The maximum atomic E-state index is 13.0. The average Bonchev–Trinajstić information content (AvgIpc) is 2.52. The molecule has 0 heterocycles. The number of amides is 2. The minimum absolute atomic E-state index is 0. The van der Waals surface area contributed by atoms with E-state index in [4.69, 9.17) is 11.6 Å². The van der Waals surface area contributed by atoms with E-state index in [1.807, 2.05) is 0 Å². The normalized spacial score (nSPS) is 9.81. The summed E-state index contributed by atoms with van der Waals surface area (Å²) in [7, 11) is 0. The van der Waals surface area contributed by atoms with Crippen molar-refractivity contribution in [3.63, 3.8) is 0 Å². The summed E-state index contributed by atoms with van der Waals surface area (Å²) in [6.45, 7) is 5.36. The largest absolute Gasteiger partial charge is 0.272 e. The van der Waals surface area contributed by atoms with E-state index < -0.39 is 23.2 Å². The Morgan fingerprint density at radius 1 is 0.889 bits per heavy atom. The van der Waals surface area contributed by atoms with Crippen LogP contribution in [0.15, 0.2) is 48.5 Å². The average molecular weight is 458 g/mol. The van der Waals surface area contributed by atoms with Gasteiger partial charge in [0.15, 0.2) is 0 Å². The van der Waals surface area contributed by atoms with Crippen LogP contribution in [0.3, 0.4) is 0 Å². The van der Waals surface area contributed by atoms with Crippen molar-refractivity contribution in [2.24, 2.45) is 0 Å². The molecule has 0 atom stereocenters. The predicted molar refractivity (Wildman–Crippen MR) is 113 cm³/mol. The second-order valence-electron chi connectivity index (χ2n) is 6.27. The molecule has 0 bridgehead atoms. The molecule has 0 aromatic heterocycles. The van der Waals surface area contributed by atoms with Crippen LogP contribution in [-0.4, -0.2) is 22.4 Å². The Kier molecular flexibility index (Phi) is 11.6. The summed E-state index contributed by atoms with van der Waals surface area (Å²) in [5.74, 6) is -1.29. The first-order chi connectivity index (χ1) is 11.2. The molecule has 0 spiro atoms. The predicted octanol–water partition coefficient (Wildman–Crippen LogP) is 5.33. The first kappa shape index (κ1) is 27.7. The molecule has 0 radical (unpaired) electrons. The minimum atomic E-state index is -0.673. The lowest BCUT2D eigenvalue weighted by Crippen LogP contribution is -2.55. The van der Waals surface area contributed by atoms with Crippen LogP contribution in [0, 0.1) is 5.82 Å². The fourth-order valence-corrected chi connectivity index (χ4v) is 2.14. The zero-order valence-corrected chi connectivity index (χ0v) is 18.1. The number of carbonyl (C=O) groups excluding carboxylic acids is 2. The topological polar surface area (TPSA) is 49.4 Å². The zero-order valence-electron chi connectivity index (χ0n) is 14.9. The fourth-order valence-electron chi connectivity index (χ4n) is 2.01. The van der Waals surface area contributed by atoms with E-state index in [9.17, 15) is 14.0 Å². The number of carbonyl (C=O) groups is 2. The highest BCUT2D eigenvalue weighted by molar-refractivity contribution is 6.30. The number of hydrogen-bond acceptors (Lipinski definition) is 2. The lowest BCUT2D eigenvalue weighted by molar-refractivity contribution is 0.0358. The van der Waals surface area contributed by atoms with Crippen LogP contribution in [-0.2, 0) is 0 Å². The van der Waals surface area contributed by atoms with E-state index in [1.165, 1.54) is 29.3 Å². The summed E-state index contributed by atoms with van der Waals surface area (Å²) >= 11 is 5.81. The van der Waals surface area contributed by atoms with Gasteiger partial charge in [-0.25, -0.2) is 9.40 Å². The number of hydrogen-bond donors (Lipinski definition) is 1. The van der Waals surface area contributed by atoms with Crippen molar-refractivity contribution in [3.05, 3.63) is 70.5 Å². The van der Waals surface area contributed by atoms with E-state index in [-0.39, 0.29) is 42.8 Å². The third-order valence-electron chi connectivity index (χ3n) is 3.28. The molecule has 0 unspecified atom stereocenters. The Bertz CT molecular complexity index is 747. The molecule has 9 heteroatoms. The Morgan fingerprint density at radius 3 is 1.78 bits per heavy atom. The van der Waals surface area contributed by atoms with Gasteiger partial charge in [0.2, 0.25) is 0 Å². The number of hydrazine groups is 1. The van der Waals surface area contributed by atoms with Crippen molar-refractivity contribution < 1.29 is 14.0 Å². The molecule has 1 N–H and O–H groups in total. The Labute approximate surface area is 181 Å². The van der Waals surface area contributed by atoms with Crippen molar-refractivity contribution in [1.82, 2.24) is 10.4 Å². The molecule has 0 aliphatic rings. The first-order valence-electron chi connectivity index (χ1n) is 7.35. The van der Waals surface area contributed by atoms with Gasteiger partial charge in [0.1, 0.15) is 5.82 Å². The van der Waals surface area contributed by atoms with E-state index in [1.54, 1.807) is 45.0 Å². The summed E-state index contributed by atoms with van der Waals surface area (Å²) in [6, 6.07) is 11.5. The van der Waals surface area contributed by atoms with Gasteiger partial charge < -0.3 is 0 Å². The highest BCUT2D eigenvalue weighted by Gasteiger charge is 2.29. The van der Waals surface area contributed by atoms with Gasteiger partial charge in [-0.2, -0.15) is 0 Å². The lowest BCUT2D eigenvalue weighted by Gasteiger charge is -2.35. The summed E-state index contributed by atoms with van der Waals surface area (Å²) < 4.78 is 13.0. The van der Waals surface area contributed by atoms with Crippen molar-refractivity contribution >= 4 is 60.6 Å². The van der Waals surface area contributed by atoms with Gasteiger partial charge in [-0.3, -0.25) is 15.0 Å². The van der Waals surface area contributed by atoms with Crippen LogP contribution < -0.4 is 5.43 Å². The quantitative estimate of drug-likeness (QED) is 0.619. The van der Waals surface area contributed by atoms with Gasteiger partial charge in [-0.05, 0) is 69.3 Å². The maximum absolute atomic E-state index is 13.0. The second kappa shape index (κ2) is 11.3. The van der Waals surface area contributed by atoms with Crippen molar-refractivity contribution in [2.45, 2.75) is 26.3 Å². The lowest BCUT2D eigenvalue weighted by atomic mass is 10.1. The molecule has 2 aromatic carbocycles. The molecule has 0 saturated carbocycles. The minimum Gasteiger partial charge on any atom is -0.267 e. The summed E-state index contributed by atoms with van der Waals surface area (Å²) in [4.78, 5) is 25.1. The Morgan fingerprint density at radius 2 is 1.33 bits per heavy atom. The molecule has 0 aliphatic heterocycles. The number of nitrogens with zero attached hydrogens (tertiary/aromatic N) is 1. The molecule has 27 heavy (non-hydrogen) atoms. The first-order valence-corrected chi connectivity index (χ1v) is 7.73. The number of benzene rings is 2. The molecule has 2 aromatic rings. The molecular formula is C18H21Cl4FN2O2. The third-order valence-corrected chi connectivity index (χ3v) is 3.54. The SMILES string of the molecule is CC(C)(C)N(NC(=O)c1ccc(Cl)cc1)C(=O)c1ccc(F)cc1.Cl.Cl.Cl. The Balaban J connectivity index is 0. The molecule has 2 rings (SSSR count). The van der Waals surface area contributed by atoms with E-state index in [0.717, 1.165) is 0 Å². The molecule has 0 fully saturated rings. The van der Waals surface area contributed by atoms with Crippen LogP contribution in [0.2, 0.25) is 5.02 Å². The van der Waals surface area contributed by atoms with Gasteiger partial charge in [-0.15, -0.1) is 37.2 Å². The number of nitrogens with one attached hydrogen (secondary N) is 1.